The number of nitrogens with one attached hydrogen (secondary N) is 1. The Bertz CT molecular complexity index is 2290. The van der Waals surface area contributed by atoms with Gasteiger partial charge in [-0.05, 0) is 102 Å². The van der Waals surface area contributed by atoms with Crippen molar-refractivity contribution in [1.82, 2.24) is 5.32 Å². The van der Waals surface area contributed by atoms with Crippen LogP contribution in [0.5, 0.6) is 0 Å². The van der Waals surface area contributed by atoms with Crippen molar-refractivity contribution in [2.24, 2.45) is 9.98 Å². The molecule has 0 spiro atoms. The molecule has 1 aliphatic heterocycles. The Morgan fingerprint density at radius 3 is 1.73 bits per heavy atom. The van der Waals surface area contributed by atoms with E-state index in [4.69, 9.17) is 0 Å². The fourth-order valence-electron chi connectivity index (χ4n) is 7.07. The molecule has 4 aromatic carbocycles. The first kappa shape index (κ1) is 30.7. The van der Waals surface area contributed by atoms with Gasteiger partial charge in [-0.2, -0.15) is 20.5 Å². The van der Waals surface area contributed by atoms with Gasteiger partial charge in [0, 0.05) is 16.7 Å². The summed E-state index contributed by atoms with van der Waals surface area (Å²) in [6, 6.07) is 13.7. The molecule has 0 saturated carbocycles. The molecule has 7 rings (SSSR count). The number of halogens is 6. The van der Waals surface area contributed by atoms with E-state index in [1.807, 2.05) is 26.2 Å². The van der Waals surface area contributed by atoms with Gasteiger partial charge >= 0.3 is 0 Å². The van der Waals surface area contributed by atoms with Crippen LogP contribution < -0.4 is 5.32 Å². The van der Waals surface area contributed by atoms with Crippen molar-refractivity contribution in [3.8, 4) is 34.6 Å². The Labute approximate surface area is 270 Å². The molecule has 0 fully saturated rings. The number of nitrogens with zero attached hydrogens (tertiary/aromatic N) is 4. The van der Waals surface area contributed by atoms with E-state index < -0.39 is 40.4 Å². The SMILES string of the molecule is CC1=C2C(=NC#N)c3cc(-c4cc(F)c(F)c(F)c4)ccc3C2(C)NC2=C(CC1)c1ccc(-c3cc(F)c(F)c(F)c3)cc1C2=NC#N. The van der Waals surface area contributed by atoms with Crippen LogP contribution in [0.3, 0.4) is 0 Å². The first-order valence-electron chi connectivity index (χ1n) is 14.7. The van der Waals surface area contributed by atoms with Gasteiger partial charge in [0.15, 0.2) is 34.9 Å². The molecule has 0 aromatic heterocycles. The van der Waals surface area contributed by atoms with Crippen LogP contribution in [0.2, 0.25) is 0 Å². The fraction of sp³-hybridized carbons (Fsp3) is 0.135. The molecule has 5 nitrogen and oxygen atoms in total. The smallest absolute Gasteiger partial charge is 0.206 e. The zero-order valence-electron chi connectivity index (χ0n) is 25.2. The summed E-state index contributed by atoms with van der Waals surface area (Å²) in [6.07, 6.45) is 4.72. The molecule has 2 aliphatic carbocycles. The predicted octanol–water partition coefficient (Wildman–Crippen LogP) is 8.75. The van der Waals surface area contributed by atoms with Gasteiger partial charge in [0.1, 0.15) is 5.71 Å². The van der Waals surface area contributed by atoms with Gasteiger partial charge in [0.25, 0.3) is 0 Å². The minimum absolute atomic E-state index is 0.0926. The Kier molecular flexibility index (Phi) is 7.10. The summed E-state index contributed by atoms with van der Waals surface area (Å²) in [5.74, 6) is -8.51. The van der Waals surface area contributed by atoms with E-state index >= 15 is 0 Å². The first-order chi connectivity index (χ1) is 23.0. The van der Waals surface area contributed by atoms with Crippen LogP contribution >= 0.6 is 0 Å². The number of benzene rings is 4. The molecular formula is C37H21F6N5. The number of hydrogen-bond donors (Lipinski definition) is 1. The summed E-state index contributed by atoms with van der Waals surface area (Å²) >= 11 is 0. The molecule has 1 unspecified atom stereocenters. The predicted molar refractivity (Wildman–Crippen MR) is 167 cm³/mol. The van der Waals surface area contributed by atoms with Crippen LogP contribution in [0.25, 0.3) is 27.8 Å². The van der Waals surface area contributed by atoms with E-state index in [0.29, 0.717) is 57.6 Å². The average Bonchev–Trinajstić information content (AvgIpc) is 3.46. The molecule has 4 aromatic rings. The van der Waals surface area contributed by atoms with E-state index in [9.17, 15) is 36.9 Å². The summed E-state index contributed by atoms with van der Waals surface area (Å²) in [4.78, 5) is 8.33. The first-order valence-corrected chi connectivity index (χ1v) is 14.7. The highest BCUT2D eigenvalue weighted by Crippen LogP contribution is 2.49. The van der Waals surface area contributed by atoms with Crippen molar-refractivity contribution >= 4 is 17.0 Å². The van der Waals surface area contributed by atoms with E-state index in [0.717, 1.165) is 41.0 Å². The van der Waals surface area contributed by atoms with Gasteiger partial charge in [-0.25, -0.2) is 26.3 Å². The number of allylic oxidation sites excluding steroid dienone is 3. The number of hydrogen-bond acceptors (Lipinski definition) is 5. The molecule has 0 bridgehead atoms. The molecule has 1 N–H and O–H groups in total. The molecular weight excluding hydrogens is 628 g/mol. The Morgan fingerprint density at radius 2 is 1.17 bits per heavy atom. The zero-order valence-corrected chi connectivity index (χ0v) is 25.2. The third-order valence-corrected chi connectivity index (χ3v) is 9.20. The van der Waals surface area contributed by atoms with E-state index in [1.54, 1.807) is 36.4 Å². The number of fused-ring (bicyclic) bond motifs is 5. The Hall–Kier alpha value is -5.94. The summed E-state index contributed by atoms with van der Waals surface area (Å²) in [5.41, 5.74) is 5.98. The van der Waals surface area contributed by atoms with Crippen LogP contribution in [0.4, 0.5) is 26.3 Å². The molecule has 1 heterocycles. The Morgan fingerprint density at radius 1 is 0.646 bits per heavy atom. The van der Waals surface area contributed by atoms with Crippen molar-refractivity contribution in [2.75, 3.05) is 0 Å². The summed E-state index contributed by atoms with van der Waals surface area (Å²) in [5, 5.41) is 23.1. The minimum Gasteiger partial charge on any atom is -0.370 e. The second-order valence-corrected chi connectivity index (χ2v) is 11.9. The van der Waals surface area contributed by atoms with Gasteiger partial charge in [0.05, 0.1) is 16.9 Å². The molecule has 236 valence electrons. The summed E-state index contributed by atoms with van der Waals surface area (Å²) in [6.45, 7) is 3.81. The standard InChI is InChI=1S/C37H21F6N5/c1-17-3-6-23-22-7-4-18(20-11-27(38)32(42)28(39)12-20)9-24(22)35(47-16-45)36(23)48-37(2)26-8-5-19(10-25(26)34(31(17)37)46-15-44)21-13-29(40)33(43)30(41)14-21/h4-5,7-14,48H,3,6H2,1-2H3. The maximum atomic E-state index is 14.2. The van der Waals surface area contributed by atoms with Crippen molar-refractivity contribution in [2.45, 2.75) is 32.2 Å². The highest BCUT2D eigenvalue weighted by Gasteiger charge is 2.47. The largest absolute Gasteiger partial charge is 0.370 e. The normalized spacial score (nSPS) is 19.6. The monoisotopic (exact) mass is 649 g/mol. The van der Waals surface area contributed by atoms with Crippen LogP contribution in [0.1, 0.15) is 48.9 Å². The lowest BCUT2D eigenvalue weighted by molar-refractivity contribution is 0.447. The minimum atomic E-state index is -1.58. The zero-order chi connectivity index (χ0) is 34.1. The van der Waals surface area contributed by atoms with Gasteiger partial charge in [0.2, 0.25) is 12.4 Å². The molecule has 48 heavy (non-hydrogen) atoms. The Balaban J connectivity index is 1.38. The van der Waals surface area contributed by atoms with E-state index in [1.165, 1.54) is 0 Å². The molecule has 1 atom stereocenters. The van der Waals surface area contributed by atoms with E-state index in [-0.39, 0.29) is 16.8 Å². The average molecular weight is 650 g/mol. The molecule has 3 aliphatic rings. The van der Waals surface area contributed by atoms with Crippen molar-refractivity contribution in [3.05, 3.63) is 135 Å². The van der Waals surface area contributed by atoms with Gasteiger partial charge < -0.3 is 5.32 Å². The number of nitriles is 2. The third-order valence-electron chi connectivity index (χ3n) is 9.20. The second-order valence-electron chi connectivity index (χ2n) is 11.9. The lowest BCUT2D eigenvalue weighted by atomic mass is 9.83. The number of rotatable bonds is 2. The topological polar surface area (TPSA) is 84.3 Å². The van der Waals surface area contributed by atoms with E-state index in [2.05, 4.69) is 15.3 Å². The fourth-order valence-corrected chi connectivity index (χ4v) is 7.07. The quantitative estimate of drug-likeness (QED) is 0.134. The highest BCUT2D eigenvalue weighted by molar-refractivity contribution is 6.25. The summed E-state index contributed by atoms with van der Waals surface area (Å²) in [7, 11) is 0. The van der Waals surface area contributed by atoms with Crippen molar-refractivity contribution in [1.29, 1.82) is 10.5 Å². The van der Waals surface area contributed by atoms with Crippen LogP contribution in [0, 0.1) is 57.8 Å². The maximum absolute atomic E-state index is 14.2. The van der Waals surface area contributed by atoms with Gasteiger partial charge in [-0.3, -0.25) is 0 Å². The van der Waals surface area contributed by atoms with Crippen LogP contribution in [-0.4, -0.2) is 11.4 Å². The highest BCUT2D eigenvalue weighted by atomic mass is 19.2. The number of aliphatic imine (C=N–C) groups is 2. The lowest BCUT2D eigenvalue weighted by Crippen LogP contribution is -2.42. The third kappa shape index (κ3) is 4.54. The second kappa shape index (κ2) is 11.1. The summed E-state index contributed by atoms with van der Waals surface area (Å²) < 4.78 is 84.0. The van der Waals surface area contributed by atoms with Crippen molar-refractivity contribution < 1.29 is 26.3 Å². The van der Waals surface area contributed by atoms with Crippen LogP contribution in [-0.2, 0) is 5.54 Å². The maximum Gasteiger partial charge on any atom is 0.206 e. The van der Waals surface area contributed by atoms with Gasteiger partial charge in [-0.1, -0.05) is 29.8 Å². The molecule has 0 saturated heterocycles. The molecule has 0 amide bonds. The molecule has 0 radical (unpaired) electrons. The van der Waals surface area contributed by atoms with Crippen LogP contribution in [0.15, 0.2) is 87.5 Å². The lowest BCUT2D eigenvalue weighted by Gasteiger charge is -2.34. The van der Waals surface area contributed by atoms with Crippen molar-refractivity contribution in [3.63, 3.8) is 0 Å². The van der Waals surface area contributed by atoms with Gasteiger partial charge in [-0.15, -0.1) is 0 Å². The molecule has 11 heteroatoms.